The number of hydrogen-bond acceptors (Lipinski definition) is 4. The monoisotopic (exact) mass is 394 g/mol. The standard InChI is InChI=1S/C23H26N2O4/c26-20-18-8-4-5-9-19(18)21(27)25(20)17-14-24(15-17)22(28)23(10-12-29-13-11-23)16-6-2-1-3-7-16/h1-7,17-19H,8-15H2/t18-,19-/m1/s1. The molecule has 6 heteroatoms. The molecule has 0 bridgehead atoms. The second-order valence-corrected chi connectivity index (χ2v) is 8.63. The van der Waals surface area contributed by atoms with Gasteiger partial charge in [0.15, 0.2) is 0 Å². The summed E-state index contributed by atoms with van der Waals surface area (Å²) in [6, 6.07) is 9.75. The third kappa shape index (κ3) is 2.84. The Morgan fingerprint density at radius 1 is 0.931 bits per heavy atom. The van der Waals surface area contributed by atoms with Crippen LogP contribution in [0.1, 0.15) is 31.2 Å². The Balaban J connectivity index is 1.32. The van der Waals surface area contributed by atoms with Gasteiger partial charge in [-0.3, -0.25) is 19.3 Å². The molecule has 3 amide bonds. The van der Waals surface area contributed by atoms with E-state index in [4.69, 9.17) is 4.74 Å². The molecule has 3 heterocycles. The van der Waals surface area contributed by atoms with Crippen molar-refractivity contribution >= 4 is 17.7 Å². The van der Waals surface area contributed by atoms with Gasteiger partial charge in [-0.15, -0.1) is 0 Å². The molecule has 0 unspecified atom stereocenters. The SMILES string of the molecule is O=C1[C@@H]2CC=CC[C@H]2C(=O)N1C1CN(C(=O)C2(c3ccccc3)CCOCC2)C1. The second kappa shape index (κ2) is 7.10. The van der Waals surface area contributed by atoms with E-state index in [0.29, 0.717) is 52.0 Å². The highest BCUT2D eigenvalue weighted by molar-refractivity contribution is 6.06. The van der Waals surface area contributed by atoms with Gasteiger partial charge < -0.3 is 9.64 Å². The number of allylic oxidation sites excluding steroid dienone is 2. The predicted molar refractivity (Wildman–Crippen MR) is 106 cm³/mol. The summed E-state index contributed by atoms with van der Waals surface area (Å²) in [5, 5.41) is 0. The molecule has 3 aliphatic heterocycles. The number of imide groups is 1. The minimum Gasteiger partial charge on any atom is -0.381 e. The lowest BCUT2D eigenvalue weighted by atomic mass is 9.72. The second-order valence-electron chi connectivity index (χ2n) is 8.63. The molecule has 0 aromatic heterocycles. The van der Waals surface area contributed by atoms with Crippen molar-refractivity contribution in [2.75, 3.05) is 26.3 Å². The van der Waals surface area contributed by atoms with Crippen LogP contribution in [-0.2, 0) is 24.5 Å². The van der Waals surface area contributed by atoms with Crippen LogP contribution in [0, 0.1) is 11.8 Å². The first-order chi connectivity index (χ1) is 14.1. The van der Waals surface area contributed by atoms with E-state index >= 15 is 0 Å². The minimum atomic E-state index is -0.568. The van der Waals surface area contributed by atoms with Crippen LogP contribution >= 0.6 is 0 Å². The van der Waals surface area contributed by atoms with Crippen LogP contribution in [0.5, 0.6) is 0 Å². The lowest BCUT2D eigenvalue weighted by molar-refractivity contribution is -0.157. The summed E-state index contributed by atoms with van der Waals surface area (Å²) in [4.78, 5) is 42.4. The van der Waals surface area contributed by atoms with Crippen LogP contribution in [-0.4, -0.2) is 59.9 Å². The first kappa shape index (κ1) is 18.6. The average molecular weight is 394 g/mol. The third-order valence-electron chi connectivity index (χ3n) is 7.14. The zero-order valence-corrected chi connectivity index (χ0v) is 16.5. The summed E-state index contributed by atoms with van der Waals surface area (Å²) >= 11 is 0. The third-order valence-corrected chi connectivity index (χ3v) is 7.14. The number of fused-ring (bicyclic) bond motifs is 1. The van der Waals surface area contributed by atoms with E-state index in [1.54, 1.807) is 0 Å². The van der Waals surface area contributed by atoms with Gasteiger partial charge in [0.25, 0.3) is 0 Å². The maximum absolute atomic E-state index is 13.5. The molecule has 0 radical (unpaired) electrons. The van der Waals surface area contributed by atoms with Crippen LogP contribution < -0.4 is 0 Å². The fourth-order valence-corrected chi connectivity index (χ4v) is 5.38. The van der Waals surface area contributed by atoms with Crippen LogP contribution in [0.3, 0.4) is 0 Å². The number of amides is 3. The largest absolute Gasteiger partial charge is 0.381 e. The molecule has 0 spiro atoms. The van der Waals surface area contributed by atoms with Gasteiger partial charge in [-0.05, 0) is 31.2 Å². The number of ether oxygens (including phenoxy) is 1. The predicted octanol–water partition coefficient (Wildman–Crippen LogP) is 1.90. The Hall–Kier alpha value is -2.47. The number of rotatable bonds is 3. The quantitative estimate of drug-likeness (QED) is 0.580. The Morgan fingerprint density at radius 2 is 1.52 bits per heavy atom. The molecule has 0 saturated carbocycles. The van der Waals surface area contributed by atoms with E-state index in [2.05, 4.69) is 0 Å². The molecule has 152 valence electrons. The van der Waals surface area contributed by atoms with Crippen molar-refractivity contribution in [1.29, 1.82) is 0 Å². The number of carbonyl (C=O) groups is 3. The molecule has 1 aliphatic carbocycles. The van der Waals surface area contributed by atoms with Crippen molar-refractivity contribution in [3.63, 3.8) is 0 Å². The molecular formula is C23H26N2O4. The van der Waals surface area contributed by atoms with E-state index in [9.17, 15) is 14.4 Å². The Bertz CT molecular complexity index is 827. The van der Waals surface area contributed by atoms with Crippen molar-refractivity contribution in [1.82, 2.24) is 9.80 Å². The summed E-state index contributed by atoms with van der Waals surface area (Å²) in [6.07, 6.45) is 6.63. The first-order valence-electron chi connectivity index (χ1n) is 10.6. The topological polar surface area (TPSA) is 66.9 Å². The molecule has 3 fully saturated rings. The van der Waals surface area contributed by atoms with Gasteiger partial charge in [0.05, 0.1) is 23.3 Å². The molecule has 3 saturated heterocycles. The maximum Gasteiger partial charge on any atom is 0.233 e. The number of nitrogens with zero attached hydrogens (tertiary/aromatic N) is 2. The summed E-state index contributed by atoms with van der Waals surface area (Å²) in [5.41, 5.74) is 0.462. The number of carbonyl (C=O) groups excluding carboxylic acids is 3. The highest BCUT2D eigenvalue weighted by atomic mass is 16.5. The zero-order chi connectivity index (χ0) is 20.0. The zero-order valence-electron chi connectivity index (χ0n) is 16.5. The van der Waals surface area contributed by atoms with E-state index < -0.39 is 5.41 Å². The van der Waals surface area contributed by atoms with Crippen molar-refractivity contribution < 1.29 is 19.1 Å². The summed E-state index contributed by atoms with van der Waals surface area (Å²) in [5.74, 6) is -0.413. The summed E-state index contributed by atoms with van der Waals surface area (Å²) in [6.45, 7) is 2.02. The molecule has 29 heavy (non-hydrogen) atoms. The average Bonchev–Trinajstić information content (AvgIpc) is 2.99. The van der Waals surface area contributed by atoms with E-state index in [-0.39, 0.29) is 35.6 Å². The number of hydrogen-bond donors (Lipinski definition) is 0. The van der Waals surface area contributed by atoms with Crippen LogP contribution in [0.15, 0.2) is 42.5 Å². The van der Waals surface area contributed by atoms with Gasteiger partial charge in [-0.1, -0.05) is 42.5 Å². The van der Waals surface area contributed by atoms with Gasteiger partial charge in [-0.25, -0.2) is 0 Å². The fourth-order valence-electron chi connectivity index (χ4n) is 5.38. The summed E-state index contributed by atoms with van der Waals surface area (Å²) < 4.78 is 5.54. The molecule has 2 atom stereocenters. The van der Waals surface area contributed by atoms with Crippen molar-refractivity contribution in [2.45, 2.75) is 37.1 Å². The lowest BCUT2D eigenvalue weighted by Gasteiger charge is -2.48. The summed E-state index contributed by atoms with van der Waals surface area (Å²) in [7, 11) is 0. The van der Waals surface area contributed by atoms with Gasteiger partial charge in [0.1, 0.15) is 0 Å². The molecule has 0 N–H and O–H groups in total. The first-order valence-corrected chi connectivity index (χ1v) is 10.6. The maximum atomic E-state index is 13.5. The van der Waals surface area contributed by atoms with E-state index in [1.165, 1.54) is 4.90 Å². The Kier molecular flexibility index (Phi) is 4.54. The highest BCUT2D eigenvalue weighted by Gasteiger charge is 2.54. The smallest absolute Gasteiger partial charge is 0.233 e. The van der Waals surface area contributed by atoms with Crippen molar-refractivity contribution in [2.24, 2.45) is 11.8 Å². The molecule has 5 rings (SSSR count). The molecule has 1 aromatic carbocycles. The van der Waals surface area contributed by atoms with E-state index in [1.807, 2.05) is 47.4 Å². The molecule has 1 aromatic rings. The number of likely N-dealkylation sites (tertiary alicyclic amines) is 2. The number of benzene rings is 1. The normalized spacial score (nSPS) is 29.0. The molecule has 4 aliphatic rings. The minimum absolute atomic E-state index is 0.0507. The van der Waals surface area contributed by atoms with E-state index in [0.717, 1.165) is 5.56 Å². The van der Waals surface area contributed by atoms with Crippen LogP contribution in [0.25, 0.3) is 0 Å². The van der Waals surface area contributed by atoms with Gasteiger partial charge in [0.2, 0.25) is 17.7 Å². The molecular weight excluding hydrogens is 368 g/mol. The highest BCUT2D eigenvalue weighted by Crippen LogP contribution is 2.40. The molecule has 6 nitrogen and oxygen atoms in total. The van der Waals surface area contributed by atoms with Crippen LogP contribution in [0.4, 0.5) is 0 Å². The Morgan fingerprint density at radius 3 is 2.10 bits per heavy atom. The lowest BCUT2D eigenvalue weighted by Crippen LogP contribution is -2.66. The fraction of sp³-hybridized carbons (Fsp3) is 0.522. The van der Waals surface area contributed by atoms with Crippen molar-refractivity contribution in [3.8, 4) is 0 Å². The van der Waals surface area contributed by atoms with Crippen LogP contribution in [0.2, 0.25) is 0 Å². The van der Waals surface area contributed by atoms with Crippen molar-refractivity contribution in [3.05, 3.63) is 48.0 Å². The Labute approximate surface area is 170 Å². The van der Waals surface area contributed by atoms with Gasteiger partial charge in [0, 0.05) is 26.3 Å². The van der Waals surface area contributed by atoms with Gasteiger partial charge in [-0.2, -0.15) is 0 Å². The van der Waals surface area contributed by atoms with Gasteiger partial charge >= 0.3 is 0 Å².